The van der Waals surface area contributed by atoms with Gasteiger partial charge < -0.3 is 15.0 Å². The van der Waals surface area contributed by atoms with Crippen LogP contribution in [0.25, 0.3) is 0 Å². The summed E-state index contributed by atoms with van der Waals surface area (Å²) in [5.74, 6) is 0.149. The summed E-state index contributed by atoms with van der Waals surface area (Å²) in [6.07, 6.45) is 0.199. The first-order chi connectivity index (χ1) is 12.1. The zero-order valence-corrected chi connectivity index (χ0v) is 14.6. The van der Waals surface area contributed by atoms with E-state index in [9.17, 15) is 9.59 Å². The molecule has 1 N–H and O–H groups in total. The number of benzene rings is 2. The fraction of sp³-hybridized carbons (Fsp3) is 0.263. The minimum atomic E-state index is -0.374. The molecule has 1 aliphatic heterocycles. The normalized spacial score (nSPS) is 16.8. The smallest absolute Gasteiger partial charge is 0.227 e. The molecule has 1 aliphatic rings. The standard InChI is InChI=1S/C19H19ClN2O3/c1-25-17-8-3-2-5-13(17)11-21-19(24)14-9-18(23)22(12-14)16-7-4-6-15(20)10-16/h2-8,10,14H,9,11-12H2,1H3,(H,21,24)/t14-/m0/s1. The Labute approximate surface area is 151 Å². The first-order valence-electron chi connectivity index (χ1n) is 8.04. The average molecular weight is 359 g/mol. The Bertz CT molecular complexity index is 794. The van der Waals surface area contributed by atoms with Crippen molar-refractivity contribution < 1.29 is 14.3 Å². The van der Waals surface area contributed by atoms with Gasteiger partial charge in [0.05, 0.1) is 13.0 Å². The molecular weight excluding hydrogens is 340 g/mol. The minimum Gasteiger partial charge on any atom is -0.496 e. The van der Waals surface area contributed by atoms with Crippen LogP contribution in [0.15, 0.2) is 48.5 Å². The second kappa shape index (κ2) is 7.57. The summed E-state index contributed by atoms with van der Waals surface area (Å²) in [6, 6.07) is 14.6. The van der Waals surface area contributed by atoms with Crippen molar-refractivity contribution in [3.05, 3.63) is 59.1 Å². The summed E-state index contributed by atoms with van der Waals surface area (Å²) < 4.78 is 5.28. The van der Waals surface area contributed by atoms with Gasteiger partial charge in [-0.3, -0.25) is 9.59 Å². The molecule has 6 heteroatoms. The Morgan fingerprint density at radius 1 is 1.28 bits per heavy atom. The lowest BCUT2D eigenvalue weighted by atomic mass is 10.1. The number of halogens is 1. The molecule has 0 radical (unpaired) electrons. The quantitative estimate of drug-likeness (QED) is 0.893. The van der Waals surface area contributed by atoms with Crippen molar-refractivity contribution in [1.82, 2.24) is 5.32 Å². The third-order valence-corrected chi connectivity index (χ3v) is 4.50. The highest BCUT2D eigenvalue weighted by atomic mass is 35.5. The zero-order valence-electron chi connectivity index (χ0n) is 13.9. The lowest BCUT2D eigenvalue weighted by Crippen LogP contribution is -2.32. The SMILES string of the molecule is COc1ccccc1CNC(=O)[C@H]1CC(=O)N(c2cccc(Cl)c2)C1. The first-order valence-corrected chi connectivity index (χ1v) is 8.42. The molecule has 2 aromatic carbocycles. The minimum absolute atomic E-state index is 0.0697. The second-order valence-corrected chi connectivity index (χ2v) is 6.35. The fourth-order valence-electron chi connectivity index (χ4n) is 2.95. The zero-order chi connectivity index (χ0) is 17.8. The van der Waals surface area contributed by atoms with Gasteiger partial charge in [-0.25, -0.2) is 0 Å². The molecule has 5 nitrogen and oxygen atoms in total. The lowest BCUT2D eigenvalue weighted by Gasteiger charge is -2.17. The number of hydrogen-bond acceptors (Lipinski definition) is 3. The number of para-hydroxylation sites is 1. The molecule has 2 aromatic rings. The van der Waals surface area contributed by atoms with E-state index in [1.807, 2.05) is 30.3 Å². The van der Waals surface area contributed by atoms with E-state index in [1.54, 1.807) is 30.2 Å². The van der Waals surface area contributed by atoms with E-state index in [1.165, 1.54) is 0 Å². The molecule has 1 atom stereocenters. The van der Waals surface area contributed by atoms with Gasteiger partial charge in [-0.2, -0.15) is 0 Å². The van der Waals surface area contributed by atoms with Crippen LogP contribution in [0, 0.1) is 5.92 Å². The number of hydrogen-bond donors (Lipinski definition) is 1. The van der Waals surface area contributed by atoms with E-state index in [0.717, 1.165) is 17.0 Å². The molecule has 0 aliphatic carbocycles. The summed E-state index contributed by atoms with van der Waals surface area (Å²) in [7, 11) is 1.60. The Hall–Kier alpha value is -2.53. The van der Waals surface area contributed by atoms with Crippen LogP contribution in [0.4, 0.5) is 5.69 Å². The number of nitrogens with zero attached hydrogens (tertiary/aromatic N) is 1. The number of ether oxygens (including phenoxy) is 1. The van der Waals surface area contributed by atoms with Gasteiger partial charge in [-0.1, -0.05) is 35.9 Å². The molecule has 0 unspecified atom stereocenters. The van der Waals surface area contributed by atoms with Crippen LogP contribution in [-0.2, 0) is 16.1 Å². The van der Waals surface area contributed by atoms with Crippen molar-refractivity contribution in [1.29, 1.82) is 0 Å². The number of rotatable bonds is 5. The van der Waals surface area contributed by atoms with Gasteiger partial charge in [0.2, 0.25) is 11.8 Å². The van der Waals surface area contributed by atoms with Crippen LogP contribution in [0.3, 0.4) is 0 Å². The van der Waals surface area contributed by atoms with Crippen molar-refractivity contribution in [2.45, 2.75) is 13.0 Å². The molecule has 1 fully saturated rings. The van der Waals surface area contributed by atoms with E-state index >= 15 is 0 Å². The highest BCUT2D eigenvalue weighted by molar-refractivity contribution is 6.31. The Morgan fingerprint density at radius 2 is 2.08 bits per heavy atom. The van der Waals surface area contributed by atoms with Crippen molar-refractivity contribution in [2.75, 3.05) is 18.6 Å². The molecule has 1 heterocycles. The summed E-state index contributed by atoms with van der Waals surface area (Å²) in [4.78, 5) is 26.3. The summed E-state index contributed by atoms with van der Waals surface area (Å²) >= 11 is 5.99. The molecule has 0 spiro atoms. The molecule has 1 saturated heterocycles. The summed E-state index contributed by atoms with van der Waals surface area (Å²) in [5.41, 5.74) is 1.62. The molecule has 130 valence electrons. The van der Waals surface area contributed by atoms with Crippen LogP contribution >= 0.6 is 11.6 Å². The van der Waals surface area contributed by atoms with E-state index in [0.29, 0.717) is 18.1 Å². The highest BCUT2D eigenvalue weighted by Crippen LogP contribution is 2.27. The van der Waals surface area contributed by atoms with E-state index in [-0.39, 0.29) is 24.2 Å². The predicted molar refractivity (Wildman–Crippen MR) is 96.8 cm³/mol. The monoisotopic (exact) mass is 358 g/mol. The van der Waals surface area contributed by atoms with E-state index in [2.05, 4.69) is 5.32 Å². The number of methoxy groups -OCH3 is 1. The van der Waals surface area contributed by atoms with E-state index in [4.69, 9.17) is 16.3 Å². The van der Waals surface area contributed by atoms with Crippen molar-refractivity contribution in [3.8, 4) is 5.75 Å². The Morgan fingerprint density at radius 3 is 2.84 bits per heavy atom. The maximum absolute atomic E-state index is 12.5. The second-order valence-electron chi connectivity index (χ2n) is 5.91. The van der Waals surface area contributed by atoms with Crippen LogP contribution < -0.4 is 15.0 Å². The van der Waals surface area contributed by atoms with Gasteiger partial charge in [0.25, 0.3) is 0 Å². The number of anilines is 1. The first kappa shape index (κ1) is 17.3. The van der Waals surface area contributed by atoms with Crippen LogP contribution in [0.1, 0.15) is 12.0 Å². The van der Waals surface area contributed by atoms with Crippen molar-refractivity contribution in [2.24, 2.45) is 5.92 Å². The maximum atomic E-state index is 12.5. The average Bonchev–Trinajstić information content (AvgIpc) is 3.02. The Balaban J connectivity index is 1.63. The third-order valence-electron chi connectivity index (χ3n) is 4.26. The number of carbonyl (C=O) groups is 2. The summed E-state index contributed by atoms with van der Waals surface area (Å²) in [5, 5.41) is 3.46. The fourth-order valence-corrected chi connectivity index (χ4v) is 3.14. The third kappa shape index (κ3) is 3.94. The van der Waals surface area contributed by atoms with Crippen molar-refractivity contribution in [3.63, 3.8) is 0 Å². The lowest BCUT2D eigenvalue weighted by molar-refractivity contribution is -0.126. The van der Waals surface area contributed by atoms with E-state index < -0.39 is 0 Å². The van der Waals surface area contributed by atoms with Crippen LogP contribution in [0.5, 0.6) is 5.75 Å². The van der Waals surface area contributed by atoms with Crippen molar-refractivity contribution >= 4 is 29.1 Å². The number of amides is 2. The van der Waals surface area contributed by atoms with Gasteiger partial charge in [0.1, 0.15) is 5.75 Å². The molecule has 0 aromatic heterocycles. The number of carbonyl (C=O) groups excluding carboxylic acids is 2. The molecule has 0 bridgehead atoms. The summed E-state index contributed by atoms with van der Waals surface area (Å²) in [6.45, 7) is 0.724. The molecule has 3 rings (SSSR count). The number of nitrogens with one attached hydrogen (secondary N) is 1. The van der Waals surface area contributed by atoms with Gasteiger partial charge in [0.15, 0.2) is 0 Å². The van der Waals surface area contributed by atoms with Gasteiger partial charge in [0, 0.05) is 35.8 Å². The highest BCUT2D eigenvalue weighted by Gasteiger charge is 2.35. The molecule has 2 amide bonds. The Kier molecular flexibility index (Phi) is 5.24. The van der Waals surface area contributed by atoms with Gasteiger partial charge >= 0.3 is 0 Å². The molecule has 25 heavy (non-hydrogen) atoms. The van der Waals surface area contributed by atoms with Gasteiger partial charge in [-0.05, 0) is 24.3 Å². The largest absolute Gasteiger partial charge is 0.496 e. The predicted octanol–water partition coefficient (Wildman–Crippen LogP) is 3.02. The van der Waals surface area contributed by atoms with Crippen LogP contribution in [-0.4, -0.2) is 25.5 Å². The molecular formula is C19H19ClN2O3. The van der Waals surface area contributed by atoms with Gasteiger partial charge in [-0.15, -0.1) is 0 Å². The molecule has 0 saturated carbocycles. The topological polar surface area (TPSA) is 58.6 Å². The van der Waals surface area contributed by atoms with Crippen LogP contribution in [0.2, 0.25) is 5.02 Å². The maximum Gasteiger partial charge on any atom is 0.227 e.